The van der Waals surface area contributed by atoms with E-state index >= 15 is 0 Å². The molecule has 0 saturated heterocycles. The van der Waals surface area contributed by atoms with E-state index in [0.717, 1.165) is 38.3 Å². The molecular formula is C29H26NO4+. The van der Waals surface area contributed by atoms with Crippen LogP contribution in [0.1, 0.15) is 11.3 Å². The van der Waals surface area contributed by atoms with Crippen LogP contribution < -0.4 is 23.3 Å². The Labute approximate surface area is 198 Å². The fraction of sp³-hybridized carbons (Fsp3) is 0.138. The standard InChI is InChI=1S/C29H26NO4/c1-31-26-15-20-12-13-30-24(11-10-19-8-6-5-7-9-19)23-18-29(34-4)27(32-2)16-21(23)14-25(30)22(20)17-28(26)33-3/h5-18H,1-4H3/q+1/b11-10+. The van der Waals surface area contributed by atoms with Gasteiger partial charge in [0.2, 0.25) is 11.2 Å². The van der Waals surface area contributed by atoms with E-state index in [0.29, 0.717) is 23.0 Å². The molecule has 0 aliphatic rings. The second kappa shape index (κ2) is 8.94. The number of hydrogen-bond donors (Lipinski definition) is 0. The van der Waals surface area contributed by atoms with Gasteiger partial charge in [-0.3, -0.25) is 0 Å². The Morgan fingerprint density at radius 1 is 0.588 bits per heavy atom. The molecule has 0 radical (unpaired) electrons. The lowest BCUT2D eigenvalue weighted by Gasteiger charge is -2.12. The molecule has 0 bridgehead atoms. The minimum absolute atomic E-state index is 0.691. The summed E-state index contributed by atoms with van der Waals surface area (Å²) in [5.41, 5.74) is 3.21. The topological polar surface area (TPSA) is 41.0 Å². The van der Waals surface area contributed by atoms with Crippen molar-refractivity contribution in [3.05, 3.63) is 84.2 Å². The quantitative estimate of drug-likeness (QED) is 0.182. The van der Waals surface area contributed by atoms with Gasteiger partial charge in [-0.15, -0.1) is 0 Å². The summed E-state index contributed by atoms with van der Waals surface area (Å²) in [5, 5.41) is 4.23. The average molecular weight is 453 g/mol. The number of aromatic nitrogens is 1. The number of fused-ring (bicyclic) bond motifs is 4. The highest BCUT2D eigenvalue weighted by atomic mass is 16.5. The minimum atomic E-state index is 0.691. The maximum atomic E-state index is 5.61. The molecule has 5 rings (SSSR count). The van der Waals surface area contributed by atoms with Crippen LogP contribution in [-0.2, 0) is 0 Å². The van der Waals surface area contributed by atoms with Crippen LogP contribution in [0.2, 0.25) is 0 Å². The van der Waals surface area contributed by atoms with Crippen LogP contribution in [0.3, 0.4) is 0 Å². The van der Waals surface area contributed by atoms with Gasteiger partial charge >= 0.3 is 0 Å². The second-order valence-corrected chi connectivity index (χ2v) is 7.93. The van der Waals surface area contributed by atoms with Gasteiger partial charge in [-0.05, 0) is 46.7 Å². The number of methoxy groups -OCH3 is 4. The van der Waals surface area contributed by atoms with Crippen LogP contribution in [0.25, 0.3) is 39.2 Å². The SMILES string of the molecule is COc1cc2cc3c4cc(OC)c(OC)cc4cc[n+]3c(/C=C/c3ccccc3)c2cc1OC. The summed E-state index contributed by atoms with van der Waals surface area (Å²) in [6.07, 6.45) is 6.35. The number of benzene rings is 3. The van der Waals surface area contributed by atoms with Gasteiger partial charge in [-0.2, -0.15) is 4.40 Å². The normalized spacial score (nSPS) is 11.4. The zero-order valence-corrected chi connectivity index (χ0v) is 19.7. The fourth-order valence-electron chi connectivity index (χ4n) is 4.40. The van der Waals surface area contributed by atoms with Crippen LogP contribution in [0, 0.1) is 0 Å². The molecule has 0 spiro atoms. The smallest absolute Gasteiger partial charge is 0.219 e. The Morgan fingerprint density at radius 2 is 1.18 bits per heavy atom. The first-order valence-electron chi connectivity index (χ1n) is 11.0. The third kappa shape index (κ3) is 3.65. The van der Waals surface area contributed by atoms with Gasteiger partial charge in [-0.25, -0.2) is 0 Å². The first-order chi connectivity index (χ1) is 16.7. The van der Waals surface area contributed by atoms with E-state index in [-0.39, 0.29) is 0 Å². The van der Waals surface area contributed by atoms with E-state index in [1.54, 1.807) is 28.4 Å². The van der Waals surface area contributed by atoms with Crippen molar-refractivity contribution in [2.24, 2.45) is 0 Å². The van der Waals surface area contributed by atoms with Crippen molar-refractivity contribution in [2.45, 2.75) is 0 Å². The number of hydrogen-bond acceptors (Lipinski definition) is 4. The molecule has 5 nitrogen and oxygen atoms in total. The van der Waals surface area contributed by atoms with Crippen molar-refractivity contribution in [3.63, 3.8) is 0 Å². The zero-order valence-electron chi connectivity index (χ0n) is 19.7. The molecule has 0 fully saturated rings. The summed E-state index contributed by atoms with van der Waals surface area (Å²) in [6, 6.07) is 22.6. The Morgan fingerprint density at radius 3 is 1.82 bits per heavy atom. The zero-order chi connectivity index (χ0) is 23.7. The lowest BCUT2D eigenvalue weighted by molar-refractivity contribution is -0.511. The van der Waals surface area contributed by atoms with Crippen molar-refractivity contribution >= 4 is 39.2 Å². The Bertz CT molecular complexity index is 1540. The van der Waals surface area contributed by atoms with Crippen LogP contribution in [0.15, 0.2) is 72.9 Å². The Hall–Kier alpha value is -4.25. The van der Waals surface area contributed by atoms with Crippen LogP contribution >= 0.6 is 0 Å². The lowest BCUT2D eigenvalue weighted by atomic mass is 10.0. The van der Waals surface area contributed by atoms with Crippen LogP contribution in [0.4, 0.5) is 0 Å². The van der Waals surface area contributed by atoms with Gasteiger partial charge in [0.15, 0.2) is 29.2 Å². The molecule has 0 unspecified atom stereocenters. The highest BCUT2D eigenvalue weighted by Crippen LogP contribution is 2.37. The Kier molecular flexibility index (Phi) is 5.68. The van der Waals surface area contributed by atoms with Crippen LogP contribution in [-0.4, -0.2) is 28.4 Å². The van der Waals surface area contributed by atoms with Gasteiger partial charge in [0.05, 0.1) is 39.2 Å². The third-order valence-electron chi connectivity index (χ3n) is 6.11. The molecule has 0 amide bonds. The number of nitrogens with zero attached hydrogens (tertiary/aromatic N) is 1. The Balaban J connectivity index is 1.88. The van der Waals surface area contributed by atoms with Crippen LogP contribution in [0.5, 0.6) is 23.0 Å². The van der Waals surface area contributed by atoms with Gasteiger partial charge in [0.1, 0.15) is 0 Å². The summed E-state index contributed by atoms with van der Waals surface area (Å²) in [6.45, 7) is 0. The van der Waals surface area contributed by atoms with Crippen molar-refractivity contribution in [2.75, 3.05) is 28.4 Å². The minimum Gasteiger partial charge on any atom is -0.493 e. The van der Waals surface area contributed by atoms with Crippen molar-refractivity contribution in [1.29, 1.82) is 0 Å². The third-order valence-corrected chi connectivity index (χ3v) is 6.11. The molecule has 0 N–H and O–H groups in total. The summed E-state index contributed by atoms with van der Waals surface area (Å²) >= 11 is 0. The molecule has 3 aromatic carbocycles. The average Bonchev–Trinajstić information content (AvgIpc) is 2.89. The molecule has 5 heteroatoms. The van der Waals surface area contributed by atoms with Crippen molar-refractivity contribution in [3.8, 4) is 23.0 Å². The van der Waals surface area contributed by atoms with Gasteiger partial charge in [-0.1, -0.05) is 30.3 Å². The monoisotopic (exact) mass is 452 g/mol. The number of pyridine rings is 2. The number of rotatable bonds is 6. The van der Waals surface area contributed by atoms with E-state index < -0.39 is 0 Å². The molecule has 0 atom stereocenters. The fourth-order valence-corrected chi connectivity index (χ4v) is 4.40. The first-order valence-corrected chi connectivity index (χ1v) is 11.0. The van der Waals surface area contributed by atoms with E-state index in [1.807, 2.05) is 42.5 Å². The molecule has 0 saturated carbocycles. The first kappa shape index (κ1) is 21.6. The van der Waals surface area contributed by atoms with Crippen molar-refractivity contribution < 1.29 is 23.3 Å². The van der Waals surface area contributed by atoms with Gasteiger partial charge < -0.3 is 18.9 Å². The maximum absolute atomic E-state index is 5.61. The highest BCUT2D eigenvalue weighted by Gasteiger charge is 2.20. The lowest BCUT2D eigenvalue weighted by Crippen LogP contribution is -2.26. The summed E-state index contributed by atoms with van der Waals surface area (Å²) in [7, 11) is 6.62. The largest absolute Gasteiger partial charge is 0.493 e. The van der Waals surface area contributed by atoms with Gasteiger partial charge in [0, 0.05) is 18.2 Å². The van der Waals surface area contributed by atoms with E-state index in [9.17, 15) is 0 Å². The van der Waals surface area contributed by atoms with E-state index in [1.165, 1.54) is 0 Å². The highest BCUT2D eigenvalue weighted by molar-refractivity contribution is 6.01. The maximum Gasteiger partial charge on any atom is 0.219 e. The molecule has 0 aliphatic heterocycles. The van der Waals surface area contributed by atoms with Gasteiger partial charge in [0.25, 0.3) is 0 Å². The predicted octanol–water partition coefficient (Wildman–Crippen LogP) is 5.94. The molecule has 5 aromatic rings. The summed E-state index contributed by atoms with van der Waals surface area (Å²) < 4.78 is 24.5. The van der Waals surface area contributed by atoms with E-state index in [2.05, 4.69) is 47.0 Å². The number of ether oxygens (including phenoxy) is 4. The molecule has 170 valence electrons. The van der Waals surface area contributed by atoms with E-state index in [4.69, 9.17) is 18.9 Å². The molecule has 2 aromatic heterocycles. The predicted molar refractivity (Wildman–Crippen MR) is 136 cm³/mol. The molecule has 2 heterocycles. The molecular weight excluding hydrogens is 426 g/mol. The molecule has 34 heavy (non-hydrogen) atoms. The molecule has 0 aliphatic carbocycles. The summed E-state index contributed by atoms with van der Waals surface area (Å²) in [5.74, 6) is 2.78. The van der Waals surface area contributed by atoms with Crippen molar-refractivity contribution in [1.82, 2.24) is 0 Å². The second-order valence-electron chi connectivity index (χ2n) is 7.93. The summed E-state index contributed by atoms with van der Waals surface area (Å²) in [4.78, 5) is 0.